The molecule has 3 aromatic rings. The van der Waals surface area contributed by atoms with Gasteiger partial charge in [0.05, 0.1) is 12.3 Å². The highest BCUT2D eigenvalue weighted by Crippen LogP contribution is 2.42. The van der Waals surface area contributed by atoms with Crippen molar-refractivity contribution in [2.45, 2.75) is 45.4 Å². The number of fused-ring (bicyclic) bond motifs is 1. The fourth-order valence-electron chi connectivity index (χ4n) is 4.76. The molecule has 0 saturated carbocycles. The van der Waals surface area contributed by atoms with E-state index in [1.54, 1.807) is 4.68 Å². The fourth-order valence-corrected chi connectivity index (χ4v) is 4.76. The van der Waals surface area contributed by atoms with E-state index in [0.29, 0.717) is 24.7 Å². The third-order valence-corrected chi connectivity index (χ3v) is 6.23. The third-order valence-electron chi connectivity index (χ3n) is 6.23. The van der Waals surface area contributed by atoms with E-state index in [2.05, 4.69) is 20.4 Å². The Balaban J connectivity index is 1.53. The number of anilines is 2. The number of aromatic nitrogens is 4. The summed E-state index contributed by atoms with van der Waals surface area (Å²) in [6.45, 7) is 6.53. The van der Waals surface area contributed by atoms with Gasteiger partial charge in [-0.1, -0.05) is 18.2 Å². The van der Waals surface area contributed by atoms with Crippen LogP contribution in [0.4, 0.5) is 11.6 Å². The van der Waals surface area contributed by atoms with Crippen LogP contribution in [0.25, 0.3) is 5.82 Å². The molecule has 0 spiro atoms. The quantitative estimate of drug-likeness (QED) is 0.660. The number of amides is 1. The van der Waals surface area contributed by atoms with Gasteiger partial charge in [-0.15, -0.1) is 10.2 Å². The van der Waals surface area contributed by atoms with Gasteiger partial charge in [0, 0.05) is 36.6 Å². The highest BCUT2D eigenvalue weighted by atomic mass is 16.5. The summed E-state index contributed by atoms with van der Waals surface area (Å²) in [6.07, 6.45) is 4.00. The summed E-state index contributed by atoms with van der Waals surface area (Å²) in [4.78, 5) is 15.0. The third kappa shape index (κ3) is 3.70. The summed E-state index contributed by atoms with van der Waals surface area (Å²) in [7, 11) is 0. The molecule has 0 bridgehead atoms. The van der Waals surface area contributed by atoms with Gasteiger partial charge in [-0.3, -0.25) is 4.79 Å². The second-order valence-electron chi connectivity index (χ2n) is 8.33. The average molecular weight is 433 g/mol. The molecule has 1 N–H and O–H groups in total. The van der Waals surface area contributed by atoms with Crippen LogP contribution in [0.2, 0.25) is 0 Å². The minimum atomic E-state index is -0.129. The Morgan fingerprint density at radius 1 is 1.06 bits per heavy atom. The summed E-state index contributed by atoms with van der Waals surface area (Å²) in [5.74, 6) is 2.77. The van der Waals surface area contributed by atoms with Crippen LogP contribution in [-0.4, -0.2) is 45.6 Å². The van der Waals surface area contributed by atoms with Crippen molar-refractivity contribution in [3.05, 3.63) is 53.2 Å². The number of ether oxygens (including phenoxy) is 1. The van der Waals surface area contributed by atoms with Crippen LogP contribution in [0.3, 0.4) is 0 Å². The van der Waals surface area contributed by atoms with Crippen molar-refractivity contribution in [2.24, 2.45) is 0 Å². The highest BCUT2D eigenvalue weighted by molar-refractivity contribution is 5.95. The van der Waals surface area contributed by atoms with Gasteiger partial charge >= 0.3 is 0 Å². The number of hydrogen-bond donors (Lipinski definition) is 1. The Bertz CT molecular complexity index is 1120. The Morgan fingerprint density at radius 2 is 1.81 bits per heavy atom. The van der Waals surface area contributed by atoms with Gasteiger partial charge < -0.3 is 15.0 Å². The lowest BCUT2D eigenvalue weighted by Gasteiger charge is -2.27. The Morgan fingerprint density at radius 3 is 2.56 bits per heavy atom. The number of benzene rings is 1. The van der Waals surface area contributed by atoms with Crippen molar-refractivity contribution in [3.63, 3.8) is 0 Å². The first-order valence-corrected chi connectivity index (χ1v) is 11.4. The molecule has 2 aliphatic rings. The first kappa shape index (κ1) is 20.5. The smallest absolute Gasteiger partial charge is 0.226 e. The standard InChI is InChI=1S/C24H28N6O2/c1-3-32-19-10-6-5-9-17(19)18-15-22(31)25-24-23(18)16(2)28-30(24)21-12-11-20(26-27-21)29-13-7-4-8-14-29/h5-6,9-12,18H,3-4,7-8,13-15H2,1-2H3,(H,25,31)/t18-/m1/s1. The molecule has 166 valence electrons. The van der Waals surface area contributed by atoms with Gasteiger partial charge in [0.2, 0.25) is 5.91 Å². The van der Waals surface area contributed by atoms with Crippen LogP contribution >= 0.6 is 0 Å². The summed E-state index contributed by atoms with van der Waals surface area (Å²) in [5, 5.41) is 16.7. The second-order valence-corrected chi connectivity index (χ2v) is 8.33. The lowest BCUT2D eigenvalue weighted by molar-refractivity contribution is -0.116. The molecule has 2 aromatic heterocycles. The van der Waals surface area contributed by atoms with E-state index in [0.717, 1.165) is 41.5 Å². The molecule has 8 heteroatoms. The van der Waals surface area contributed by atoms with E-state index in [4.69, 9.17) is 9.84 Å². The van der Waals surface area contributed by atoms with Crippen LogP contribution in [0.15, 0.2) is 36.4 Å². The first-order valence-electron chi connectivity index (χ1n) is 11.4. The predicted molar refractivity (Wildman–Crippen MR) is 123 cm³/mol. The molecule has 1 atom stereocenters. The number of nitrogens with one attached hydrogen (secondary N) is 1. The van der Waals surface area contributed by atoms with Gasteiger partial charge in [-0.2, -0.15) is 9.78 Å². The summed E-state index contributed by atoms with van der Waals surface area (Å²) < 4.78 is 7.56. The average Bonchev–Trinajstić information content (AvgIpc) is 3.16. The largest absolute Gasteiger partial charge is 0.494 e. The summed E-state index contributed by atoms with van der Waals surface area (Å²) >= 11 is 0. The highest BCUT2D eigenvalue weighted by Gasteiger charge is 2.34. The lowest BCUT2D eigenvalue weighted by Crippen LogP contribution is -2.30. The van der Waals surface area contributed by atoms with Crippen LogP contribution in [0.1, 0.15) is 55.3 Å². The van der Waals surface area contributed by atoms with E-state index in [9.17, 15) is 4.79 Å². The zero-order valence-corrected chi connectivity index (χ0v) is 18.5. The van der Waals surface area contributed by atoms with E-state index >= 15 is 0 Å². The zero-order chi connectivity index (χ0) is 22.1. The lowest BCUT2D eigenvalue weighted by atomic mass is 9.85. The maximum Gasteiger partial charge on any atom is 0.226 e. The minimum absolute atomic E-state index is 0.0483. The molecular formula is C24H28N6O2. The molecule has 1 aromatic carbocycles. The molecule has 1 fully saturated rings. The Labute approximate surface area is 187 Å². The van der Waals surface area contributed by atoms with Gasteiger partial charge in [0.1, 0.15) is 11.6 Å². The summed E-state index contributed by atoms with van der Waals surface area (Å²) in [5.41, 5.74) is 2.86. The van der Waals surface area contributed by atoms with Crippen molar-refractivity contribution in [1.29, 1.82) is 0 Å². The molecule has 2 aliphatic heterocycles. The maximum absolute atomic E-state index is 12.7. The number of hydrogen-bond acceptors (Lipinski definition) is 6. The van der Waals surface area contributed by atoms with Crippen molar-refractivity contribution < 1.29 is 9.53 Å². The van der Waals surface area contributed by atoms with E-state index in [1.807, 2.05) is 50.2 Å². The number of carbonyl (C=O) groups is 1. The van der Waals surface area contributed by atoms with Crippen molar-refractivity contribution >= 4 is 17.5 Å². The second kappa shape index (κ2) is 8.61. The first-order chi connectivity index (χ1) is 15.7. The van der Waals surface area contributed by atoms with E-state index in [1.165, 1.54) is 19.3 Å². The number of piperidine rings is 1. The fraction of sp³-hybridized carbons (Fsp3) is 0.417. The number of para-hydroxylation sites is 1. The van der Waals surface area contributed by atoms with Crippen LogP contribution in [0, 0.1) is 6.92 Å². The van der Waals surface area contributed by atoms with Crippen molar-refractivity contribution in [3.8, 4) is 11.6 Å². The van der Waals surface area contributed by atoms with E-state index in [-0.39, 0.29) is 11.8 Å². The number of carbonyl (C=O) groups excluding carboxylic acids is 1. The predicted octanol–water partition coefficient (Wildman–Crippen LogP) is 3.83. The molecule has 1 saturated heterocycles. The molecule has 0 aliphatic carbocycles. The van der Waals surface area contributed by atoms with E-state index < -0.39 is 0 Å². The van der Waals surface area contributed by atoms with Crippen LogP contribution < -0.4 is 15.0 Å². The SMILES string of the molecule is CCOc1ccccc1[C@H]1CC(=O)Nc2c1c(C)nn2-c1ccc(N2CCCCC2)nn1. The van der Waals surface area contributed by atoms with Gasteiger partial charge in [0.25, 0.3) is 0 Å². The molecule has 0 radical (unpaired) electrons. The maximum atomic E-state index is 12.7. The monoisotopic (exact) mass is 432 g/mol. The normalized spacial score (nSPS) is 18.2. The van der Waals surface area contributed by atoms with Gasteiger partial charge in [0.15, 0.2) is 11.6 Å². The molecule has 0 unspecified atom stereocenters. The molecule has 32 heavy (non-hydrogen) atoms. The molecule has 1 amide bonds. The van der Waals surface area contributed by atoms with Crippen LogP contribution in [0.5, 0.6) is 5.75 Å². The molecule has 8 nitrogen and oxygen atoms in total. The molecular weight excluding hydrogens is 404 g/mol. The van der Waals surface area contributed by atoms with Crippen molar-refractivity contribution in [2.75, 3.05) is 29.9 Å². The molecule has 5 rings (SSSR count). The number of aryl methyl sites for hydroxylation is 1. The molecule has 4 heterocycles. The Kier molecular flexibility index (Phi) is 5.51. The van der Waals surface area contributed by atoms with Gasteiger partial charge in [-0.05, 0) is 51.3 Å². The van der Waals surface area contributed by atoms with Crippen LogP contribution in [-0.2, 0) is 4.79 Å². The van der Waals surface area contributed by atoms with Gasteiger partial charge in [-0.25, -0.2) is 0 Å². The topological polar surface area (TPSA) is 85.2 Å². The Hall–Kier alpha value is -3.42. The minimum Gasteiger partial charge on any atom is -0.494 e. The zero-order valence-electron chi connectivity index (χ0n) is 18.5. The summed E-state index contributed by atoms with van der Waals surface area (Å²) in [6, 6.07) is 11.8. The number of rotatable bonds is 5. The number of nitrogens with zero attached hydrogens (tertiary/aromatic N) is 5. The van der Waals surface area contributed by atoms with Crippen molar-refractivity contribution in [1.82, 2.24) is 20.0 Å².